The van der Waals surface area contributed by atoms with Crippen LogP contribution >= 0.6 is 17.0 Å². The number of hydrogen-bond donors (Lipinski definition) is 0. The zero-order valence-electron chi connectivity index (χ0n) is 23.7. The summed E-state index contributed by atoms with van der Waals surface area (Å²) in [4.78, 5) is 0. The summed E-state index contributed by atoms with van der Waals surface area (Å²) in [5.41, 5.74) is 11.8. The summed E-state index contributed by atoms with van der Waals surface area (Å²) in [6, 6.07) is 38.0. The Hall–Kier alpha value is -1.66. The van der Waals surface area contributed by atoms with Gasteiger partial charge in [-0.05, 0) is 60.5 Å². The predicted molar refractivity (Wildman–Crippen MR) is 170 cm³/mol. The normalized spacial score (nSPS) is 20.6. The molecule has 2 saturated carbocycles. The van der Waals surface area contributed by atoms with Crippen molar-refractivity contribution in [3.63, 3.8) is 0 Å². The first kappa shape index (κ1) is 29.4. The van der Waals surface area contributed by atoms with Gasteiger partial charge in [-0.3, -0.25) is 0 Å². The van der Waals surface area contributed by atoms with Crippen LogP contribution in [0.15, 0.2) is 84.9 Å². The van der Waals surface area contributed by atoms with E-state index in [9.17, 15) is 0 Å². The van der Waals surface area contributed by atoms with Crippen molar-refractivity contribution >= 4 is 17.0 Å². The molecule has 3 heteroatoms. The van der Waals surface area contributed by atoms with E-state index in [1.54, 1.807) is 11.1 Å². The van der Waals surface area contributed by atoms with Crippen LogP contribution in [0.25, 0.3) is 22.3 Å². The molecule has 0 nitrogen and oxygen atoms in total. The minimum Gasteiger partial charge on any atom is -0.179 e. The maximum Gasteiger partial charge on any atom is -0.0108 e. The van der Waals surface area contributed by atoms with Crippen LogP contribution in [0.3, 0.4) is 0 Å². The van der Waals surface area contributed by atoms with Crippen LogP contribution in [-0.2, 0) is 20.8 Å². The topological polar surface area (TPSA) is 0 Å². The van der Waals surface area contributed by atoms with E-state index in [4.69, 9.17) is 17.0 Å². The molecule has 2 unspecified atom stereocenters. The molecule has 0 heterocycles. The zero-order valence-corrected chi connectivity index (χ0v) is 27.7. The Balaban J connectivity index is 0.000000135. The Labute approximate surface area is 265 Å². The van der Waals surface area contributed by atoms with Crippen LogP contribution < -0.4 is 0 Å². The Bertz CT molecular complexity index is 1230. The Kier molecular flexibility index (Phi) is 10.2. The third-order valence-electron chi connectivity index (χ3n) is 9.81. The third-order valence-corrected chi connectivity index (χ3v) is 9.81. The molecule has 2 fully saturated rings. The molecule has 0 aliphatic heterocycles. The summed E-state index contributed by atoms with van der Waals surface area (Å²) in [6.45, 7) is 0. The summed E-state index contributed by atoms with van der Waals surface area (Å²) in [7, 11) is 9.87. The maximum absolute atomic E-state index is 4.93. The Morgan fingerprint density at radius 3 is 1.27 bits per heavy atom. The molecule has 41 heavy (non-hydrogen) atoms. The summed E-state index contributed by atoms with van der Waals surface area (Å²) in [6.07, 6.45) is 14.0. The van der Waals surface area contributed by atoms with E-state index in [0.717, 1.165) is 11.8 Å². The van der Waals surface area contributed by atoms with E-state index in [-0.39, 0.29) is 0 Å². The summed E-state index contributed by atoms with van der Waals surface area (Å²) >= 11 is -0.826. The first-order valence-corrected chi connectivity index (χ1v) is 21.8. The van der Waals surface area contributed by atoms with Crippen molar-refractivity contribution in [3.8, 4) is 22.3 Å². The number of fused-ring (bicyclic) bond motifs is 6. The first-order valence-electron chi connectivity index (χ1n) is 15.5. The van der Waals surface area contributed by atoms with Crippen LogP contribution in [0.1, 0.15) is 98.3 Å². The van der Waals surface area contributed by atoms with Gasteiger partial charge in [0.1, 0.15) is 0 Å². The van der Waals surface area contributed by atoms with Crippen LogP contribution in [0, 0.1) is 24.0 Å². The van der Waals surface area contributed by atoms with Crippen LogP contribution in [0.4, 0.5) is 0 Å². The first-order chi connectivity index (χ1) is 20.3. The number of hydrogen-bond acceptors (Lipinski definition) is 0. The van der Waals surface area contributed by atoms with Crippen molar-refractivity contribution in [2.75, 3.05) is 0 Å². The molecule has 0 saturated heterocycles. The SMILES string of the molecule is [Cl][Zr+2][Cl].[c-]1cccc2c1C(C1CCCCC1)c1ccccc1-2.[c-]1cccc2c1C(C1CCCCC1)c1ccccc1-2. The number of rotatable bonds is 2. The fraction of sp³-hybridized carbons (Fsp3) is 0.368. The van der Waals surface area contributed by atoms with E-state index < -0.39 is 20.8 Å². The van der Waals surface area contributed by atoms with Crippen molar-refractivity contribution < 1.29 is 20.8 Å². The molecule has 0 N–H and O–H groups in total. The molecule has 4 aliphatic rings. The molecule has 4 aliphatic carbocycles. The second kappa shape index (κ2) is 14.2. The van der Waals surface area contributed by atoms with E-state index in [1.807, 2.05) is 0 Å². The fourth-order valence-electron chi connectivity index (χ4n) is 8.14. The van der Waals surface area contributed by atoms with Crippen molar-refractivity contribution in [2.24, 2.45) is 11.8 Å². The second-order valence-electron chi connectivity index (χ2n) is 12.0. The van der Waals surface area contributed by atoms with Gasteiger partial charge in [0.05, 0.1) is 0 Å². The van der Waals surface area contributed by atoms with Crippen molar-refractivity contribution in [2.45, 2.75) is 76.0 Å². The van der Waals surface area contributed by atoms with Gasteiger partial charge in [-0.2, -0.15) is 48.5 Å². The maximum atomic E-state index is 4.93. The molecule has 4 aromatic rings. The van der Waals surface area contributed by atoms with Gasteiger partial charge < -0.3 is 0 Å². The van der Waals surface area contributed by atoms with Gasteiger partial charge in [0.25, 0.3) is 0 Å². The molecule has 0 spiro atoms. The minimum atomic E-state index is -0.826. The average Bonchev–Trinajstić information content (AvgIpc) is 3.56. The van der Waals surface area contributed by atoms with Gasteiger partial charge in [0.15, 0.2) is 0 Å². The molecule has 4 aromatic carbocycles. The number of benzene rings is 4. The van der Waals surface area contributed by atoms with E-state index in [1.165, 1.54) is 97.6 Å². The fourth-order valence-corrected chi connectivity index (χ4v) is 8.14. The largest absolute Gasteiger partial charge is 0.179 e. The van der Waals surface area contributed by atoms with E-state index in [0.29, 0.717) is 11.8 Å². The van der Waals surface area contributed by atoms with Gasteiger partial charge in [0.2, 0.25) is 0 Å². The van der Waals surface area contributed by atoms with Gasteiger partial charge in [0, 0.05) is 0 Å². The second-order valence-corrected chi connectivity index (χ2v) is 15.7. The van der Waals surface area contributed by atoms with Gasteiger partial charge in [-0.25, -0.2) is 0 Å². The molecular weight excluding hydrogens is 619 g/mol. The molecule has 0 bridgehead atoms. The van der Waals surface area contributed by atoms with Crippen molar-refractivity contribution in [1.82, 2.24) is 0 Å². The average molecular weight is 657 g/mol. The third kappa shape index (κ3) is 6.20. The molecule has 2 atom stereocenters. The Morgan fingerprint density at radius 2 is 0.854 bits per heavy atom. The van der Waals surface area contributed by atoms with Crippen molar-refractivity contribution in [1.29, 1.82) is 0 Å². The Morgan fingerprint density at radius 1 is 0.488 bits per heavy atom. The minimum absolute atomic E-state index is 0.604. The molecule has 8 rings (SSSR count). The van der Waals surface area contributed by atoms with Gasteiger partial charge in [-0.1, -0.05) is 98.2 Å². The zero-order chi connectivity index (χ0) is 28.0. The summed E-state index contributed by atoms with van der Waals surface area (Å²) in [5, 5.41) is 0. The van der Waals surface area contributed by atoms with Crippen LogP contribution in [0.5, 0.6) is 0 Å². The molecule has 208 valence electrons. The number of halogens is 2. The predicted octanol–water partition coefficient (Wildman–Crippen LogP) is 11.7. The van der Waals surface area contributed by atoms with Gasteiger partial charge in [-0.15, -0.1) is 22.3 Å². The van der Waals surface area contributed by atoms with Crippen molar-refractivity contribution in [3.05, 3.63) is 119 Å². The quantitative estimate of drug-likeness (QED) is 0.188. The van der Waals surface area contributed by atoms with Gasteiger partial charge >= 0.3 is 37.9 Å². The van der Waals surface area contributed by atoms with E-state index >= 15 is 0 Å². The smallest absolute Gasteiger partial charge is 0.0108 e. The molecule has 0 aromatic heterocycles. The van der Waals surface area contributed by atoms with Crippen LogP contribution in [0.2, 0.25) is 0 Å². The summed E-state index contributed by atoms with van der Waals surface area (Å²) < 4.78 is 0. The van der Waals surface area contributed by atoms with E-state index in [2.05, 4.69) is 97.1 Å². The standard InChI is InChI=1S/2C19H19.2ClH.Zr/c2*1-2-8-14(9-3-1)19-17-12-6-4-10-15(17)16-11-5-7-13-18(16)19;;;/h2*4-7,10-12,14,19H,1-3,8-9H2;2*1H;/q2*-1;;;+4/p-2. The molecular formula is C38H38Cl2Zr. The monoisotopic (exact) mass is 654 g/mol. The molecule has 0 radical (unpaired) electrons. The van der Waals surface area contributed by atoms with Crippen LogP contribution in [-0.4, -0.2) is 0 Å². The summed E-state index contributed by atoms with van der Waals surface area (Å²) in [5.74, 6) is 2.87. The molecule has 0 amide bonds.